The van der Waals surface area contributed by atoms with E-state index < -0.39 is 5.82 Å². The molecular weight excluding hydrogens is 439 g/mol. The molecule has 2 N–H and O–H groups in total. The Morgan fingerprint density at radius 3 is 2.97 bits per heavy atom. The number of thiazole rings is 1. The Balaban J connectivity index is 1.73. The van der Waals surface area contributed by atoms with Gasteiger partial charge in [0, 0.05) is 5.38 Å². The summed E-state index contributed by atoms with van der Waals surface area (Å²) >= 11 is 7.65. The first-order valence-electron chi connectivity index (χ1n) is 9.56. The summed E-state index contributed by atoms with van der Waals surface area (Å²) in [6.45, 7) is 2.00. The third kappa shape index (κ3) is 3.35. The highest BCUT2D eigenvalue weighted by Crippen LogP contribution is 2.33. The Bertz CT molecular complexity index is 1480. The van der Waals surface area contributed by atoms with Gasteiger partial charge in [-0.05, 0) is 35.7 Å². The zero-order valence-electron chi connectivity index (χ0n) is 16.3. The van der Waals surface area contributed by atoms with Crippen LogP contribution < -0.4 is 10.9 Å². The number of imidazole rings is 1. The lowest BCUT2D eigenvalue weighted by molar-refractivity contribution is 0.628. The Hall–Kier alpha value is -3.30. The van der Waals surface area contributed by atoms with Crippen LogP contribution in [0.25, 0.3) is 27.1 Å². The fourth-order valence-corrected chi connectivity index (χ4v) is 4.86. The monoisotopic (exact) mass is 454 g/mol. The summed E-state index contributed by atoms with van der Waals surface area (Å²) < 4.78 is 15.5. The van der Waals surface area contributed by atoms with Gasteiger partial charge in [0.05, 0.1) is 17.9 Å². The molecule has 0 saturated heterocycles. The van der Waals surface area contributed by atoms with Crippen molar-refractivity contribution >= 4 is 44.7 Å². The number of hydrogen-bond acceptors (Lipinski definition) is 6. The quantitative estimate of drug-likeness (QED) is 0.388. The van der Waals surface area contributed by atoms with Crippen LogP contribution in [0.1, 0.15) is 24.9 Å². The molecule has 0 radical (unpaired) electrons. The maximum atomic E-state index is 14.0. The molecule has 5 aromatic rings. The van der Waals surface area contributed by atoms with Crippen LogP contribution in [0.4, 0.5) is 10.2 Å². The first kappa shape index (κ1) is 19.7. The van der Waals surface area contributed by atoms with E-state index >= 15 is 0 Å². The smallest absolute Gasteiger partial charge is 0.265 e. The molecule has 156 valence electrons. The summed E-state index contributed by atoms with van der Waals surface area (Å²) in [5.74, 6) is 0.157. The number of benzene rings is 1. The van der Waals surface area contributed by atoms with Crippen LogP contribution >= 0.6 is 22.9 Å². The number of nitrogens with one attached hydrogen (secondary N) is 2. The molecule has 10 heteroatoms. The number of H-pyrrole nitrogens is 1. The zero-order chi connectivity index (χ0) is 21.5. The van der Waals surface area contributed by atoms with Gasteiger partial charge in [-0.15, -0.1) is 11.3 Å². The van der Waals surface area contributed by atoms with Crippen LogP contribution in [-0.2, 0) is 0 Å². The molecule has 0 aliphatic carbocycles. The van der Waals surface area contributed by atoms with Gasteiger partial charge >= 0.3 is 0 Å². The average Bonchev–Trinajstić information content (AvgIpc) is 3.39. The zero-order valence-corrected chi connectivity index (χ0v) is 17.8. The van der Waals surface area contributed by atoms with Crippen molar-refractivity contribution < 1.29 is 4.39 Å². The molecule has 0 aliphatic heterocycles. The van der Waals surface area contributed by atoms with E-state index in [1.807, 2.05) is 13.0 Å². The van der Waals surface area contributed by atoms with Crippen LogP contribution in [0.15, 0.2) is 53.2 Å². The maximum absolute atomic E-state index is 14.0. The van der Waals surface area contributed by atoms with Crippen molar-refractivity contribution in [3.63, 3.8) is 0 Å². The van der Waals surface area contributed by atoms with Gasteiger partial charge in [0.25, 0.3) is 5.56 Å². The van der Waals surface area contributed by atoms with Gasteiger partial charge in [-0.25, -0.2) is 19.3 Å². The standard InChI is InChI=1S/C21H16ClFN6OS/c1-2-14(28-20-18-19(25-9-24-18)26-10-27-20)13-7-16-29(15(22)8-31-16)21(30)17(13)11-4-3-5-12(23)6-11/h3-10,14H,2H2,1H3,(H2,24,25,26,27,28). The van der Waals surface area contributed by atoms with Crippen molar-refractivity contribution in [2.75, 3.05) is 5.32 Å². The summed E-state index contributed by atoms with van der Waals surface area (Å²) in [5.41, 5.74) is 2.54. The number of anilines is 1. The highest BCUT2D eigenvalue weighted by Gasteiger charge is 2.23. The number of fused-ring (bicyclic) bond motifs is 2. The van der Waals surface area contributed by atoms with Crippen LogP contribution in [0.3, 0.4) is 0 Å². The number of rotatable bonds is 5. The van der Waals surface area contributed by atoms with Crippen molar-refractivity contribution in [3.8, 4) is 11.1 Å². The van der Waals surface area contributed by atoms with E-state index in [0.717, 1.165) is 5.56 Å². The first-order chi connectivity index (χ1) is 15.1. The minimum atomic E-state index is -0.416. The van der Waals surface area contributed by atoms with E-state index in [1.54, 1.807) is 23.8 Å². The molecule has 0 fully saturated rings. The second-order valence-electron chi connectivity index (χ2n) is 6.95. The molecule has 7 nitrogen and oxygen atoms in total. The lowest BCUT2D eigenvalue weighted by atomic mass is 9.95. The Morgan fingerprint density at radius 2 is 2.16 bits per heavy atom. The van der Waals surface area contributed by atoms with Gasteiger partial charge in [0.15, 0.2) is 11.5 Å². The largest absolute Gasteiger partial charge is 0.361 e. The highest BCUT2D eigenvalue weighted by atomic mass is 35.5. The second-order valence-corrected chi connectivity index (χ2v) is 8.23. The normalized spacial score (nSPS) is 12.5. The number of pyridine rings is 1. The topological polar surface area (TPSA) is 88.0 Å². The van der Waals surface area contributed by atoms with E-state index in [2.05, 4.69) is 25.3 Å². The Morgan fingerprint density at radius 1 is 1.29 bits per heavy atom. The third-order valence-corrected chi connectivity index (χ3v) is 6.42. The number of nitrogens with zero attached hydrogens (tertiary/aromatic N) is 4. The van der Waals surface area contributed by atoms with E-state index in [0.29, 0.717) is 44.5 Å². The Kier molecular flexibility index (Phi) is 4.91. The summed E-state index contributed by atoms with van der Waals surface area (Å²) in [4.78, 5) is 29.9. The second kappa shape index (κ2) is 7.75. The van der Waals surface area contributed by atoms with E-state index in [1.165, 1.54) is 34.2 Å². The van der Waals surface area contributed by atoms with Crippen molar-refractivity contribution in [2.45, 2.75) is 19.4 Å². The number of aromatic amines is 1. The van der Waals surface area contributed by atoms with Gasteiger partial charge < -0.3 is 10.3 Å². The molecule has 0 saturated carbocycles. The molecular formula is C21H16ClFN6OS. The van der Waals surface area contributed by atoms with Crippen LogP contribution in [-0.4, -0.2) is 24.3 Å². The summed E-state index contributed by atoms with van der Waals surface area (Å²) in [6.07, 6.45) is 3.63. The summed E-state index contributed by atoms with van der Waals surface area (Å²) in [5, 5.41) is 5.44. The summed E-state index contributed by atoms with van der Waals surface area (Å²) in [6, 6.07) is 7.66. The van der Waals surface area contributed by atoms with E-state index in [4.69, 9.17) is 11.6 Å². The van der Waals surface area contributed by atoms with Crippen molar-refractivity contribution in [3.05, 3.63) is 75.3 Å². The molecule has 0 spiro atoms. The lowest BCUT2D eigenvalue weighted by Crippen LogP contribution is -2.21. The molecule has 1 aromatic carbocycles. The van der Waals surface area contributed by atoms with Gasteiger partial charge in [-0.1, -0.05) is 30.7 Å². The molecule has 0 bridgehead atoms. The maximum Gasteiger partial charge on any atom is 0.265 e. The van der Waals surface area contributed by atoms with Gasteiger partial charge in [-0.2, -0.15) is 0 Å². The fraction of sp³-hybridized carbons (Fsp3) is 0.143. The molecule has 31 heavy (non-hydrogen) atoms. The van der Waals surface area contributed by atoms with Gasteiger partial charge in [-0.3, -0.25) is 9.20 Å². The average molecular weight is 455 g/mol. The first-order valence-corrected chi connectivity index (χ1v) is 10.8. The molecule has 5 rings (SSSR count). The van der Waals surface area contributed by atoms with Crippen LogP contribution in [0.5, 0.6) is 0 Å². The highest BCUT2D eigenvalue weighted by molar-refractivity contribution is 7.16. The van der Waals surface area contributed by atoms with Crippen molar-refractivity contribution in [1.29, 1.82) is 0 Å². The predicted molar refractivity (Wildman–Crippen MR) is 120 cm³/mol. The van der Waals surface area contributed by atoms with Crippen LogP contribution in [0.2, 0.25) is 5.15 Å². The van der Waals surface area contributed by atoms with Gasteiger partial charge in [0.2, 0.25) is 0 Å². The van der Waals surface area contributed by atoms with Crippen LogP contribution in [0, 0.1) is 5.82 Å². The van der Waals surface area contributed by atoms with E-state index in [-0.39, 0.29) is 11.6 Å². The third-order valence-electron chi connectivity index (χ3n) is 5.13. The number of halogens is 2. The lowest BCUT2D eigenvalue weighted by Gasteiger charge is -2.21. The minimum Gasteiger partial charge on any atom is -0.361 e. The molecule has 1 unspecified atom stereocenters. The molecule has 4 heterocycles. The van der Waals surface area contributed by atoms with Crippen molar-refractivity contribution in [1.82, 2.24) is 24.3 Å². The predicted octanol–water partition coefficient (Wildman–Crippen LogP) is 5.05. The molecule has 0 amide bonds. The van der Waals surface area contributed by atoms with Crippen molar-refractivity contribution in [2.24, 2.45) is 0 Å². The molecule has 1 atom stereocenters. The van der Waals surface area contributed by atoms with Gasteiger partial charge in [0.1, 0.15) is 27.6 Å². The fourth-order valence-electron chi connectivity index (χ4n) is 3.70. The SMILES string of the molecule is CCC(Nc1ncnc2nc[nH]c12)c1cc2scc(Cl)n2c(=O)c1-c1cccc(F)c1. The molecule has 0 aliphatic rings. The number of aromatic nitrogens is 5. The number of hydrogen-bond donors (Lipinski definition) is 2. The minimum absolute atomic E-state index is 0.279. The Labute approximate surface area is 184 Å². The van der Waals surface area contributed by atoms with E-state index in [9.17, 15) is 9.18 Å². The molecule has 4 aromatic heterocycles. The summed E-state index contributed by atoms with van der Waals surface area (Å²) in [7, 11) is 0.